The Morgan fingerprint density at radius 3 is 2.08 bits per heavy atom. The number of aryl methyl sites for hydroxylation is 2. The largest absolute Gasteiger partial charge is 0.395 e. The standard InChI is InChI=1S/C12H16O/c1-9-5-10(2)7-11(6-9)12(8-13)3-4-12/h5-7,13H,3-4,8H2,1-2H3. The second kappa shape index (κ2) is 2.85. The highest BCUT2D eigenvalue weighted by Crippen LogP contribution is 2.47. The molecule has 1 fully saturated rings. The summed E-state index contributed by atoms with van der Waals surface area (Å²) in [7, 11) is 0. The molecule has 0 bridgehead atoms. The van der Waals surface area contributed by atoms with E-state index in [1.54, 1.807) is 0 Å². The van der Waals surface area contributed by atoms with Gasteiger partial charge in [-0.2, -0.15) is 0 Å². The normalized spacial score (nSPS) is 18.7. The fraction of sp³-hybridized carbons (Fsp3) is 0.500. The number of benzene rings is 1. The topological polar surface area (TPSA) is 20.2 Å². The quantitative estimate of drug-likeness (QED) is 0.733. The summed E-state index contributed by atoms with van der Waals surface area (Å²) in [5.74, 6) is 0. The van der Waals surface area contributed by atoms with Gasteiger partial charge < -0.3 is 5.11 Å². The third-order valence-electron chi connectivity index (χ3n) is 2.99. The van der Waals surface area contributed by atoms with Crippen LogP contribution < -0.4 is 0 Å². The highest BCUT2D eigenvalue weighted by Gasteiger charge is 2.43. The Balaban J connectivity index is 2.40. The van der Waals surface area contributed by atoms with Gasteiger partial charge in [-0.1, -0.05) is 29.3 Å². The molecule has 1 aliphatic carbocycles. The van der Waals surface area contributed by atoms with Crippen molar-refractivity contribution in [1.29, 1.82) is 0 Å². The van der Waals surface area contributed by atoms with E-state index in [2.05, 4.69) is 32.0 Å². The Bertz CT molecular complexity index is 304. The van der Waals surface area contributed by atoms with Crippen molar-refractivity contribution in [3.8, 4) is 0 Å². The fourth-order valence-electron chi connectivity index (χ4n) is 1.97. The van der Waals surface area contributed by atoms with Gasteiger partial charge in [0.25, 0.3) is 0 Å². The lowest BCUT2D eigenvalue weighted by Gasteiger charge is -2.13. The van der Waals surface area contributed by atoms with Gasteiger partial charge in [0, 0.05) is 5.41 Å². The van der Waals surface area contributed by atoms with Crippen LogP contribution in [0.15, 0.2) is 18.2 Å². The van der Waals surface area contributed by atoms with Gasteiger partial charge in [-0.25, -0.2) is 0 Å². The van der Waals surface area contributed by atoms with Gasteiger partial charge in [-0.15, -0.1) is 0 Å². The molecule has 0 spiro atoms. The lowest BCUT2D eigenvalue weighted by atomic mass is 9.94. The summed E-state index contributed by atoms with van der Waals surface area (Å²) < 4.78 is 0. The molecule has 13 heavy (non-hydrogen) atoms. The molecule has 1 saturated carbocycles. The number of aliphatic hydroxyl groups excluding tert-OH is 1. The van der Waals surface area contributed by atoms with Crippen LogP contribution in [0.3, 0.4) is 0 Å². The van der Waals surface area contributed by atoms with Crippen molar-refractivity contribution >= 4 is 0 Å². The predicted molar refractivity (Wildman–Crippen MR) is 53.9 cm³/mol. The van der Waals surface area contributed by atoms with E-state index in [1.165, 1.54) is 16.7 Å². The van der Waals surface area contributed by atoms with E-state index in [1.807, 2.05) is 0 Å². The number of hydrogen-bond donors (Lipinski definition) is 1. The average molecular weight is 176 g/mol. The lowest BCUT2D eigenvalue weighted by Crippen LogP contribution is -2.12. The molecule has 1 heteroatoms. The van der Waals surface area contributed by atoms with Crippen LogP contribution in [0.25, 0.3) is 0 Å². The zero-order chi connectivity index (χ0) is 9.47. The van der Waals surface area contributed by atoms with Crippen molar-refractivity contribution in [2.24, 2.45) is 0 Å². The molecule has 1 aromatic rings. The van der Waals surface area contributed by atoms with Gasteiger partial charge in [-0.05, 0) is 32.3 Å². The summed E-state index contributed by atoms with van der Waals surface area (Å²) in [4.78, 5) is 0. The minimum Gasteiger partial charge on any atom is -0.395 e. The monoisotopic (exact) mass is 176 g/mol. The third kappa shape index (κ3) is 1.49. The molecule has 2 rings (SSSR count). The van der Waals surface area contributed by atoms with Crippen molar-refractivity contribution in [3.63, 3.8) is 0 Å². The molecule has 1 aromatic carbocycles. The minimum absolute atomic E-state index is 0.122. The zero-order valence-corrected chi connectivity index (χ0v) is 8.30. The van der Waals surface area contributed by atoms with Gasteiger partial charge in [-0.3, -0.25) is 0 Å². The second-order valence-electron chi connectivity index (χ2n) is 4.31. The van der Waals surface area contributed by atoms with Crippen LogP contribution in [0.5, 0.6) is 0 Å². The molecular formula is C12H16O. The molecule has 0 unspecified atom stereocenters. The Morgan fingerprint density at radius 2 is 1.69 bits per heavy atom. The molecule has 0 atom stereocenters. The van der Waals surface area contributed by atoms with Crippen LogP contribution in [-0.2, 0) is 5.41 Å². The molecule has 0 heterocycles. The van der Waals surface area contributed by atoms with Crippen molar-refractivity contribution in [2.75, 3.05) is 6.61 Å². The second-order valence-corrected chi connectivity index (χ2v) is 4.31. The molecular weight excluding hydrogens is 160 g/mol. The van der Waals surface area contributed by atoms with Crippen molar-refractivity contribution in [1.82, 2.24) is 0 Å². The highest BCUT2D eigenvalue weighted by atomic mass is 16.3. The predicted octanol–water partition coefficient (Wildman–Crippen LogP) is 2.33. The van der Waals surface area contributed by atoms with Crippen LogP contribution in [-0.4, -0.2) is 11.7 Å². The fourth-order valence-corrected chi connectivity index (χ4v) is 1.97. The Labute approximate surface area is 79.4 Å². The van der Waals surface area contributed by atoms with Gasteiger partial charge in [0.2, 0.25) is 0 Å². The first-order valence-electron chi connectivity index (χ1n) is 4.86. The molecule has 0 saturated heterocycles. The Hall–Kier alpha value is -0.820. The summed E-state index contributed by atoms with van der Waals surface area (Å²) >= 11 is 0. The summed E-state index contributed by atoms with van der Waals surface area (Å²) in [6.07, 6.45) is 2.29. The summed E-state index contributed by atoms with van der Waals surface area (Å²) in [6, 6.07) is 6.59. The summed E-state index contributed by atoms with van der Waals surface area (Å²) in [5.41, 5.74) is 4.05. The van der Waals surface area contributed by atoms with Gasteiger partial charge in [0.15, 0.2) is 0 Å². The van der Waals surface area contributed by atoms with Crippen LogP contribution in [0.4, 0.5) is 0 Å². The number of rotatable bonds is 2. The van der Waals surface area contributed by atoms with Crippen LogP contribution in [0.1, 0.15) is 29.5 Å². The lowest BCUT2D eigenvalue weighted by molar-refractivity contribution is 0.255. The van der Waals surface area contributed by atoms with Crippen LogP contribution >= 0.6 is 0 Å². The van der Waals surface area contributed by atoms with E-state index in [-0.39, 0.29) is 5.41 Å². The van der Waals surface area contributed by atoms with E-state index in [0.29, 0.717) is 6.61 Å². The molecule has 1 N–H and O–H groups in total. The van der Waals surface area contributed by atoms with Crippen LogP contribution in [0, 0.1) is 13.8 Å². The van der Waals surface area contributed by atoms with Crippen molar-refractivity contribution in [2.45, 2.75) is 32.1 Å². The Morgan fingerprint density at radius 1 is 1.15 bits per heavy atom. The molecule has 0 aliphatic heterocycles. The molecule has 70 valence electrons. The maximum Gasteiger partial charge on any atom is 0.0527 e. The maximum absolute atomic E-state index is 9.29. The van der Waals surface area contributed by atoms with E-state index < -0.39 is 0 Å². The van der Waals surface area contributed by atoms with Gasteiger partial charge in [0.05, 0.1) is 6.61 Å². The smallest absolute Gasteiger partial charge is 0.0527 e. The summed E-state index contributed by atoms with van der Waals surface area (Å²) in [5, 5.41) is 9.29. The third-order valence-corrected chi connectivity index (χ3v) is 2.99. The molecule has 0 radical (unpaired) electrons. The molecule has 1 nitrogen and oxygen atoms in total. The van der Waals surface area contributed by atoms with Crippen molar-refractivity contribution < 1.29 is 5.11 Å². The SMILES string of the molecule is Cc1cc(C)cc(C2(CO)CC2)c1. The highest BCUT2D eigenvalue weighted by molar-refractivity contribution is 5.37. The van der Waals surface area contributed by atoms with Gasteiger partial charge in [0.1, 0.15) is 0 Å². The first-order chi connectivity index (χ1) is 6.16. The number of hydrogen-bond acceptors (Lipinski definition) is 1. The van der Waals surface area contributed by atoms with E-state index in [9.17, 15) is 5.11 Å². The number of aliphatic hydroxyl groups is 1. The van der Waals surface area contributed by atoms with E-state index in [4.69, 9.17) is 0 Å². The maximum atomic E-state index is 9.29. The first kappa shape index (κ1) is 8.76. The van der Waals surface area contributed by atoms with Crippen LogP contribution in [0.2, 0.25) is 0 Å². The average Bonchev–Trinajstić information content (AvgIpc) is 2.82. The minimum atomic E-state index is 0.122. The first-order valence-corrected chi connectivity index (χ1v) is 4.86. The van der Waals surface area contributed by atoms with Gasteiger partial charge >= 0.3 is 0 Å². The van der Waals surface area contributed by atoms with E-state index >= 15 is 0 Å². The van der Waals surface area contributed by atoms with Crippen molar-refractivity contribution in [3.05, 3.63) is 34.9 Å². The molecule has 0 amide bonds. The van der Waals surface area contributed by atoms with E-state index in [0.717, 1.165) is 12.8 Å². The zero-order valence-electron chi connectivity index (χ0n) is 8.30. The molecule has 0 aromatic heterocycles. The molecule has 1 aliphatic rings. The Kier molecular flexibility index (Phi) is 1.92. The summed E-state index contributed by atoms with van der Waals surface area (Å²) in [6.45, 7) is 4.53.